The summed E-state index contributed by atoms with van der Waals surface area (Å²) in [6, 6.07) is 0. The molecular weight excluding hydrogens is 689 g/mol. The Morgan fingerprint density at radius 2 is 0.544 bits per heavy atom. The lowest BCUT2D eigenvalue weighted by molar-refractivity contribution is -0.107. The second-order valence-electron chi connectivity index (χ2n) is 19.1. The summed E-state index contributed by atoms with van der Waals surface area (Å²) in [5.41, 5.74) is 1.76. The number of allylic oxidation sites excluding steroid dienone is 2. The predicted octanol–water partition coefficient (Wildman–Crippen LogP) is 20.9. The Balaban J connectivity index is 4.26. The highest BCUT2D eigenvalue weighted by atomic mass is 16.1. The molecule has 0 aliphatic rings. The van der Waals surface area contributed by atoms with Crippen LogP contribution in [0.15, 0.2) is 11.6 Å². The average molecular weight is 799 g/mol. The van der Waals surface area contributed by atoms with Crippen molar-refractivity contribution in [2.24, 2.45) is 5.92 Å². The van der Waals surface area contributed by atoms with Crippen LogP contribution >= 0.6 is 0 Å². The molecule has 0 N–H and O–H groups in total. The second-order valence-corrected chi connectivity index (χ2v) is 19.1. The highest BCUT2D eigenvalue weighted by Gasteiger charge is 2.09. The lowest BCUT2D eigenvalue weighted by atomic mass is 9.89. The molecule has 1 atom stereocenters. The second kappa shape index (κ2) is 51.6. The maximum atomic E-state index is 10.7. The van der Waals surface area contributed by atoms with Gasteiger partial charge in [-0.1, -0.05) is 296 Å². The third kappa shape index (κ3) is 48.0. The number of carbonyl (C=O) groups excluding carboxylic acids is 1. The van der Waals surface area contributed by atoms with E-state index in [0.717, 1.165) is 25.0 Å². The van der Waals surface area contributed by atoms with Crippen molar-refractivity contribution in [1.29, 1.82) is 0 Å². The van der Waals surface area contributed by atoms with Gasteiger partial charge in [-0.15, -0.1) is 0 Å². The van der Waals surface area contributed by atoms with Gasteiger partial charge in [0.2, 0.25) is 0 Å². The molecule has 0 heterocycles. The van der Waals surface area contributed by atoms with Crippen LogP contribution in [0.5, 0.6) is 0 Å². The predicted molar refractivity (Wildman–Crippen MR) is 261 cm³/mol. The summed E-state index contributed by atoms with van der Waals surface area (Å²) in [6.45, 7) is 6.96. The molecule has 0 aliphatic carbocycles. The molecule has 0 amide bonds. The molecule has 0 radical (unpaired) electrons. The summed E-state index contributed by atoms with van der Waals surface area (Å²) >= 11 is 0. The molecule has 1 heteroatoms. The molecule has 0 aromatic heterocycles. The monoisotopic (exact) mass is 799 g/mol. The third-order valence-electron chi connectivity index (χ3n) is 13.4. The van der Waals surface area contributed by atoms with Gasteiger partial charge in [0.25, 0.3) is 0 Å². The SMILES string of the molecule is CCCCCCCCCCCCCCCCCC/C(=C\CCCCCC=O)CCCCCCCCC(CCCCCCCCCC)CCCCCCCCCCC. The van der Waals surface area contributed by atoms with E-state index in [9.17, 15) is 4.79 Å². The maximum Gasteiger partial charge on any atom is 0.119 e. The molecule has 57 heavy (non-hydrogen) atoms. The van der Waals surface area contributed by atoms with E-state index >= 15 is 0 Å². The fraction of sp³-hybridized carbons (Fsp3) is 0.946. The fourth-order valence-corrected chi connectivity index (χ4v) is 9.32. The van der Waals surface area contributed by atoms with Crippen LogP contribution in [-0.2, 0) is 4.79 Å². The molecule has 0 aromatic rings. The first-order valence-electron chi connectivity index (χ1n) is 27.4. The molecule has 340 valence electrons. The summed E-state index contributed by atoms with van der Waals surface area (Å²) < 4.78 is 0. The van der Waals surface area contributed by atoms with Crippen LogP contribution in [0.2, 0.25) is 0 Å². The molecule has 0 spiro atoms. The molecule has 0 aromatic carbocycles. The molecule has 0 bridgehead atoms. The standard InChI is InChI=1S/C56H110O/c1-4-7-10-13-16-19-20-21-22-23-24-25-27-30-36-43-50-56(53-46-39-33-40-47-54-57)52-45-38-32-31-37-44-51-55(48-41-34-28-18-15-12-9-6-3)49-42-35-29-26-17-14-11-8-5-2/h53-55H,4-52H2,1-3H3/b56-53+. The zero-order valence-electron chi connectivity index (χ0n) is 40.3. The Bertz CT molecular complexity index is 752. The van der Waals surface area contributed by atoms with Gasteiger partial charge in [0, 0.05) is 6.42 Å². The van der Waals surface area contributed by atoms with Gasteiger partial charge < -0.3 is 4.79 Å². The molecule has 0 fully saturated rings. The Morgan fingerprint density at radius 1 is 0.298 bits per heavy atom. The minimum Gasteiger partial charge on any atom is -0.303 e. The van der Waals surface area contributed by atoms with Gasteiger partial charge in [-0.3, -0.25) is 0 Å². The molecule has 1 nitrogen and oxygen atoms in total. The minimum atomic E-state index is 0.745. The van der Waals surface area contributed by atoms with Gasteiger partial charge in [0.05, 0.1) is 0 Å². The lowest BCUT2D eigenvalue weighted by Gasteiger charge is -2.17. The average Bonchev–Trinajstić information content (AvgIpc) is 3.22. The summed E-state index contributed by atoms with van der Waals surface area (Å²) in [4.78, 5) is 10.7. The van der Waals surface area contributed by atoms with Gasteiger partial charge in [0.1, 0.15) is 6.29 Å². The van der Waals surface area contributed by atoms with Gasteiger partial charge >= 0.3 is 0 Å². The van der Waals surface area contributed by atoms with Crippen LogP contribution in [0, 0.1) is 5.92 Å². The van der Waals surface area contributed by atoms with Crippen LogP contribution in [0.1, 0.15) is 335 Å². The number of unbranched alkanes of at least 4 members (excludes halogenated alkanes) is 39. The van der Waals surface area contributed by atoms with Crippen molar-refractivity contribution in [2.45, 2.75) is 335 Å². The third-order valence-corrected chi connectivity index (χ3v) is 13.4. The van der Waals surface area contributed by atoms with Gasteiger partial charge in [-0.05, 0) is 50.9 Å². The fourth-order valence-electron chi connectivity index (χ4n) is 9.32. The quantitative estimate of drug-likeness (QED) is 0.0340. The molecule has 0 saturated carbocycles. The van der Waals surface area contributed by atoms with E-state index in [1.807, 2.05) is 0 Å². The largest absolute Gasteiger partial charge is 0.303 e. The summed E-state index contributed by atoms with van der Waals surface area (Å²) in [5.74, 6) is 1.00. The number of hydrogen-bond acceptors (Lipinski definition) is 1. The van der Waals surface area contributed by atoms with E-state index in [0.29, 0.717) is 0 Å². The van der Waals surface area contributed by atoms with Crippen LogP contribution < -0.4 is 0 Å². The van der Waals surface area contributed by atoms with Crippen LogP contribution in [0.3, 0.4) is 0 Å². The van der Waals surface area contributed by atoms with E-state index < -0.39 is 0 Å². The van der Waals surface area contributed by atoms with Crippen molar-refractivity contribution < 1.29 is 4.79 Å². The minimum absolute atomic E-state index is 0.745. The lowest BCUT2D eigenvalue weighted by Crippen LogP contribution is -2.01. The smallest absolute Gasteiger partial charge is 0.119 e. The van der Waals surface area contributed by atoms with E-state index in [1.165, 1.54) is 302 Å². The number of rotatable bonds is 51. The molecule has 1 unspecified atom stereocenters. The maximum absolute atomic E-state index is 10.7. The Hall–Kier alpha value is -0.590. The first kappa shape index (κ1) is 56.4. The number of hydrogen-bond donors (Lipinski definition) is 0. The normalized spacial score (nSPS) is 12.5. The van der Waals surface area contributed by atoms with Crippen LogP contribution in [-0.4, -0.2) is 6.29 Å². The van der Waals surface area contributed by atoms with Gasteiger partial charge in [-0.25, -0.2) is 0 Å². The van der Waals surface area contributed by atoms with Crippen LogP contribution in [0.25, 0.3) is 0 Å². The summed E-state index contributed by atoms with van der Waals surface area (Å²) in [5, 5.41) is 0. The van der Waals surface area contributed by atoms with Crippen molar-refractivity contribution in [3.63, 3.8) is 0 Å². The van der Waals surface area contributed by atoms with Crippen molar-refractivity contribution in [3.8, 4) is 0 Å². The highest BCUT2D eigenvalue weighted by Crippen LogP contribution is 2.26. The molecule has 0 aliphatic heterocycles. The van der Waals surface area contributed by atoms with E-state index in [4.69, 9.17) is 0 Å². The highest BCUT2D eigenvalue weighted by molar-refractivity contribution is 5.48. The Morgan fingerprint density at radius 3 is 0.842 bits per heavy atom. The Kier molecular flexibility index (Phi) is 51.0. The van der Waals surface area contributed by atoms with E-state index in [-0.39, 0.29) is 0 Å². The molecule has 0 rings (SSSR count). The summed E-state index contributed by atoms with van der Waals surface area (Å²) in [7, 11) is 0. The van der Waals surface area contributed by atoms with Crippen molar-refractivity contribution in [3.05, 3.63) is 11.6 Å². The van der Waals surface area contributed by atoms with Gasteiger partial charge in [-0.2, -0.15) is 0 Å². The van der Waals surface area contributed by atoms with Crippen molar-refractivity contribution >= 4 is 6.29 Å². The first-order chi connectivity index (χ1) is 28.3. The van der Waals surface area contributed by atoms with Crippen molar-refractivity contribution in [2.75, 3.05) is 0 Å². The summed E-state index contributed by atoms with van der Waals surface area (Å²) in [6.07, 6.45) is 73.1. The van der Waals surface area contributed by atoms with E-state index in [2.05, 4.69) is 26.8 Å². The van der Waals surface area contributed by atoms with Crippen molar-refractivity contribution in [1.82, 2.24) is 0 Å². The van der Waals surface area contributed by atoms with E-state index in [1.54, 1.807) is 5.57 Å². The zero-order chi connectivity index (χ0) is 41.2. The first-order valence-corrected chi connectivity index (χ1v) is 27.4. The topological polar surface area (TPSA) is 17.1 Å². The molecule has 0 saturated heterocycles. The molecular formula is C56H110O. The number of carbonyl (C=O) groups is 1. The number of aldehydes is 1. The van der Waals surface area contributed by atoms with Gasteiger partial charge in [0.15, 0.2) is 0 Å². The van der Waals surface area contributed by atoms with Crippen LogP contribution in [0.4, 0.5) is 0 Å². The zero-order valence-corrected chi connectivity index (χ0v) is 40.3. The Labute approximate surface area is 362 Å².